The van der Waals surface area contributed by atoms with Crippen molar-refractivity contribution in [2.24, 2.45) is 0 Å². The number of ether oxygens (including phenoxy) is 2. The summed E-state index contributed by atoms with van der Waals surface area (Å²) in [4.78, 5) is 27.4. The molecule has 1 aliphatic rings. The van der Waals surface area contributed by atoms with Gasteiger partial charge < -0.3 is 14.8 Å². The van der Waals surface area contributed by atoms with E-state index in [-0.39, 0.29) is 11.9 Å². The smallest absolute Gasteiger partial charge is 0.321 e. The monoisotopic (exact) mass is 411 g/mol. The van der Waals surface area contributed by atoms with Gasteiger partial charge in [-0.3, -0.25) is 15.0 Å². The molecule has 7 nitrogen and oxygen atoms in total. The van der Waals surface area contributed by atoms with E-state index in [0.717, 1.165) is 42.0 Å². The molecule has 3 amide bonds. The number of rotatable bonds is 7. The summed E-state index contributed by atoms with van der Waals surface area (Å²) in [6, 6.07) is 14.1. The van der Waals surface area contributed by atoms with Gasteiger partial charge in [0.15, 0.2) is 0 Å². The summed E-state index contributed by atoms with van der Waals surface area (Å²) in [6.07, 6.45) is 1.81. The lowest BCUT2D eigenvalue weighted by Crippen LogP contribution is -2.46. The van der Waals surface area contributed by atoms with Gasteiger partial charge in [-0.1, -0.05) is 30.3 Å². The number of benzene rings is 2. The number of likely N-dealkylation sites (tertiary alicyclic amines) is 1. The van der Waals surface area contributed by atoms with Crippen molar-refractivity contribution in [2.45, 2.75) is 31.8 Å². The topological polar surface area (TPSA) is 79.9 Å². The molecule has 160 valence electrons. The molecule has 2 N–H and O–H groups in total. The number of urea groups is 1. The predicted octanol–water partition coefficient (Wildman–Crippen LogP) is 3.43. The molecule has 0 spiro atoms. The standard InChI is InChI=1S/C23H29N3O4/c1-4-24-23(28)25-22(27)21(16-9-6-5-7-10-16)26-14-8-11-19(26)18-15-17(29-2)12-13-20(18)30-3/h5-7,9-10,12-13,15,19,21H,4,8,11,14H2,1-3H3,(H2,24,25,27,28)/t19-,21+/m1/s1. The fraction of sp³-hybridized carbons (Fsp3) is 0.391. The molecule has 0 saturated carbocycles. The lowest BCUT2D eigenvalue weighted by Gasteiger charge is -2.33. The van der Waals surface area contributed by atoms with Crippen LogP contribution in [-0.4, -0.2) is 44.1 Å². The van der Waals surface area contributed by atoms with Crippen molar-refractivity contribution < 1.29 is 19.1 Å². The van der Waals surface area contributed by atoms with E-state index in [0.29, 0.717) is 6.54 Å². The maximum absolute atomic E-state index is 13.2. The fourth-order valence-electron chi connectivity index (χ4n) is 4.05. The van der Waals surface area contributed by atoms with Crippen LogP contribution in [0.3, 0.4) is 0 Å². The van der Waals surface area contributed by atoms with Gasteiger partial charge in [0.25, 0.3) is 0 Å². The molecule has 0 unspecified atom stereocenters. The Morgan fingerprint density at radius 3 is 2.57 bits per heavy atom. The summed E-state index contributed by atoms with van der Waals surface area (Å²) in [6.45, 7) is 2.99. The zero-order chi connectivity index (χ0) is 21.5. The average Bonchev–Trinajstić information content (AvgIpc) is 3.23. The van der Waals surface area contributed by atoms with Crippen molar-refractivity contribution in [3.63, 3.8) is 0 Å². The lowest BCUT2D eigenvalue weighted by atomic mass is 9.98. The van der Waals surface area contributed by atoms with E-state index in [1.165, 1.54) is 0 Å². The Morgan fingerprint density at radius 1 is 1.13 bits per heavy atom. The summed E-state index contributed by atoms with van der Waals surface area (Å²) in [5, 5.41) is 5.12. The molecule has 0 aliphatic carbocycles. The quantitative estimate of drug-likeness (QED) is 0.730. The van der Waals surface area contributed by atoms with Crippen molar-refractivity contribution in [3.8, 4) is 11.5 Å². The molecule has 3 rings (SSSR count). The highest BCUT2D eigenvalue weighted by atomic mass is 16.5. The summed E-state index contributed by atoms with van der Waals surface area (Å²) in [5.41, 5.74) is 1.81. The third-order valence-corrected chi connectivity index (χ3v) is 5.36. The minimum atomic E-state index is -0.600. The number of nitrogens with zero attached hydrogens (tertiary/aromatic N) is 1. The van der Waals surface area contributed by atoms with E-state index in [2.05, 4.69) is 15.5 Å². The Labute approximate surface area is 177 Å². The Kier molecular flexibility index (Phi) is 7.30. The number of nitrogens with one attached hydrogen (secondary N) is 2. The molecule has 0 aromatic heterocycles. The van der Waals surface area contributed by atoms with Gasteiger partial charge in [0.05, 0.1) is 14.2 Å². The lowest BCUT2D eigenvalue weighted by molar-refractivity contribution is -0.126. The number of carbonyl (C=O) groups is 2. The zero-order valence-corrected chi connectivity index (χ0v) is 17.7. The van der Waals surface area contributed by atoms with Crippen molar-refractivity contribution in [1.29, 1.82) is 0 Å². The van der Waals surface area contributed by atoms with Gasteiger partial charge in [-0.25, -0.2) is 4.79 Å². The molecular weight excluding hydrogens is 382 g/mol. The third kappa shape index (κ3) is 4.74. The Bertz CT molecular complexity index is 872. The number of hydrogen-bond donors (Lipinski definition) is 2. The van der Waals surface area contributed by atoms with Crippen LogP contribution >= 0.6 is 0 Å². The van der Waals surface area contributed by atoms with Gasteiger partial charge in [0.2, 0.25) is 5.91 Å². The average molecular weight is 412 g/mol. The third-order valence-electron chi connectivity index (χ3n) is 5.36. The van der Waals surface area contributed by atoms with E-state index in [4.69, 9.17) is 9.47 Å². The van der Waals surface area contributed by atoms with E-state index in [1.807, 2.05) is 55.5 Å². The van der Waals surface area contributed by atoms with Gasteiger partial charge in [0, 0.05) is 18.2 Å². The first-order chi connectivity index (χ1) is 14.6. The first kappa shape index (κ1) is 21.6. The predicted molar refractivity (Wildman–Crippen MR) is 115 cm³/mol. The number of imide groups is 1. The van der Waals surface area contributed by atoms with E-state index in [1.54, 1.807) is 14.2 Å². The van der Waals surface area contributed by atoms with Crippen LogP contribution < -0.4 is 20.1 Å². The molecule has 2 atom stereocenters. The first-order valence-electron chi connectivity index (χ1n) is 10.2. The number of methoxy groups -OCH3 is 2. The molecule has 30 heavy (non-hydrogen) atoms. The normalized spacial score (nSPS) is 17.2. The Morgan fingerprint density at radius 2 is 1.90 bits per heavy atom. The van der Waals surface area contributed by atoms with Gasteiger partial charge in [0.1, 0.15) is 17.5 Å². The minimum Gasteiger partial charge on any atom is -0.497 e. The molecule has 0 bridgehead atoms. The van der Waals surface area contributed by atoms with E-state index < -0.39 is 12.1 Å². The molecule has 7 heteroatoms. The highest BCUT2D eigenvalue weighted by molar-refractivity contribution is 5.97. The van der Waals surface area contributed by atoms with Gasteiger partial charge in [-0.05, 0) is 50.1 Å². The van der Waals surface area contributed by atoms with Crippen LogP contribution in [0.2, 0.25) is 0 Å². The van der Waals surface area contributed by atoms with Crippen LogP contribution in [0.1, 0.15) is 43.0 Å². The number of amides is 3. The van der Waals surface area contributed by atoms with E-state index >= 15 is 0 Å². The molecule has 1 saturated heterocycles. The molecule has 1 fully saturated rings. The Balaban J connectivity index is 1.98. The van der Waals surface area contributed by atoms with Crippen LogP contribution in [0.15, 0.2) is 48.5 Å². The summed E-state index contributed by atoms with van der Waals surface area (Å²) >= 11 is 0. The first-order valence-corrected chi connectivity index (χ1v) is 10.2. The molecule has 1 heterocycles. The SMILES string of the molecule is CCNC(=O)NC(=O)[C@H](c1ccccc1)N1CCC[C@@H]1c1cc(OC)ccc1OC. The fourth-order valence-corrected chi connectivity index (χ4v) is 4.05. The number of hydrogen-bond acceptors (Lipinski definition) is 5. The van der Waals surface area contributed by atoms with Gasteiger partial charge in [-0.15, -0.1) is 0 Å². The maximum atomic E-state index is 13.2. The zero-order valence-electron chi connectivity index (χ0n) is 17.7. The molecule has 0 radical (unpaired) electrons. The van der Waals surface area contributed by atoms with Crippen molar-refractivity contribution in [3.05, 3.63) is 59.7 Å². The minimum absolute atomic E-state index is 0.0414. The van der Waals surface area contributed by atoms with Crippen molar-refractivity contribution in [1.82, 2.24) is 15.5 Å². The largest absolute Gasteiger partial charge is 0.497 e. The summed E-state index contributed by atoms with van der Waals surface area (Å²) in [5.74, 6) is 1.14. The summed E-state index contributed by atoms with van der Waals surface area (Å²) < 4.78 is 11.0. The molecular formula is C23H29N3O4. The summed E-state index contributed by atoms with van der Waals surface area (Å²) in [7, 11) is 3.27. The van der Waals surface area contributed by atoms with Crippen LogP contribution in [0.5, 0.6) is 11.5 Å². The maximum Gasteiger partial charge on any atom is 0.321 e. The van der Waals surface area contributed by atoms with Crippen LogP contribution in [-0.2, 0) is 4.79 Å². The second kappa shape index (κ2) is 10.1. The Hall–Kier alpha value is -3.06. The van der Waals surface area contributed by atoms with Crippen LogP contribution in [0.4, 0.5) is 4.79 Å². The van der Waals surface area contributed by atoms with Crippen molar-refractivity contribution in [2.75, 3.05) is 27.3 Å². The van der Waals surface area contributed by atoms with Crippen LogP contribution in [0.25, 0.3) is 0 Å². The van der Waals surface area contributed by atoms with Crippen molar-refractivity contribution >= 4 is 11.9 Å². The highest BCUT2D eigenvalue weighted by Gasteiger charge is 2.38. The molecule has 1 aliphatic heterocycles. The molecule has 2 aromatic rings. The van der Waals surface area contributed by atoms with Gasteiger partial charge in [-0.2, -0.15) is 0 Å². The highest BCUT2D eigenvalue weighted by Crippen LogP contribution is 2.43. The van der Waals surface area contributed by atoms with Gasteiger partial charge >= 0.3 is 6.03 Å². The second-order valence-electron chi connectivity index (χ2n) is 7.17. The second-order valence-corrected chi connectivity index (χ2v) is 7.17. The number of carbonyl (C=O) groups excluding carboxylic acids is 2. The van der Waals surface area contributed by atoms with E-state index in [9.17, 15) is 9.59 Å². The van der Waals surface area contributed by atoms with Crippen LogP contribution in [0, 0.1) is 0 Å². The molecule has 2 aromatic carbocycles.